The van der Waals surface area contributed by atoms with E-state index in [4.69, 9.17) is 13.6 Å². The summed E-state index contributed by atoms with van der Waals surface area (Å²) in [5, 5.41) is 10.2. The Morgan fingerprint density at radius 2 is 2.05 bits per heavy atom. The highest BCUT2D eigenvalue weighted by atomic mass is 16.5. The van der Waals surface area contributed by atoms with Crippen molar-refractivity contribution in [1.82, 2.24) is 15.5 Å². The van der Waals surface area contributed by atoms with Crippen LogP contribution in [0.15, 0.2) is 51.5 Å². The van der Waals surface area contributed by atoms with Crippen molar-refractivity contribution >= 4 is 5.91 Å². The molecule has 0 atom stereocenters. The summed E-state index contributed by atoms with van der Waals surface area (Å²) in [6, 6.07) is 10.6. The minimum Gasteiger partial charge on any atom is -0.497 e. The molecule has 0 saturated heterocycles. The van der Waals surface area contributed by atoms with E-state index in [0.717, 1.165) is 5.75 Å². The summed E-state index contributed by atoms with van der Waals surface area (Å²) in [6.07, 6.45) is 1.54. The largest absolute Gasteiger partial charge is 0.497 e. The van der Waals surface area contributed by atoms with Gasteiger partial charge in [-0.2, -0.15) is 0 Å². The smallest absolute Gasteiger partial charge is 0.309 e. The number of nitrogens with zero attached hydrogens (tertiary/aromatic N) is 2. The SMILES string of the molecule is COc1ccc(-c2nnc(C(=O)NCc3ccco3)o2)cc1. The summed E-state index contributed by atoms with van der Waals surface area (Å²) in [5.74, 6) is 1.08. The van der Waals surface area contributed by atoms with Crippen LogP contribution in [0.4, 0.5) is 0 Å². The molecule has 1 amide bonds. The van der Waals surface area contributed by atoms with Crippen LogP contribution < -0.4 is 10.1 Å². The first-order chi connectivity index (χ1) is 10.8. The predicted octanol–water partition coefficient (Wildman–Crippen LogP) is 2.27. The molecule has 3 rings (SSSR count). The van der Waals surface area contributed by atoms with Gasteiger partial charge in [-0.25, -0.2) is 0 Å². The van der Waals surface area contributed by atoms with E-state index in [2.05, 4.69) is 15.5 Å². The van der Waals surface area contributed by atoms with Gasteiger partial charge in [-0.15, -0.1) is 10.2 Å². The molecule has 0 aliphatic heterocycles. The van der Waals surface area contributed by atoms with Gasteiger partial charge in [0.05, 0.1) is 19.9 Å². The Kier molecular flexibility index (Phi) is 3.86. The number of hydrogen-bond donors (Lipinski definition) is 1. The Bertz CT molecular complexity index is 747. The van der Waals surface area contributed by atoms with Crippen molar-refractivity contribution in [1.29, 1.82) is 0 Å². The van der Waals surface area contributed by atoms with Crippen molar-refractivity contribution in [2.45, 2.75) is 6.54 Å². The van der Waals surface area contributed by atoms with Crippen LogP contribution in [0, 0.1) is 0 Å². The van der Waals surface area contributed by atoms with Gasteiger partial charge in [-0.3, -0.25) is 4.79 Å². The standard InChI is InChI=1S/C15H13N3O4/c1-20-11-6-4-10(5-7-11)14-17-18-15(22-14)13(19)16-9-12-3-2-8-21-12/h2-8H,9H2,1H3,(H,16,19). The summed E-state index contributed by atoms with van der Waals surface area (Å²) in [4.78, 5) is 11.9. The second-order valence-electron chi connectivity index (χ2n) is 4.40. The zero-order valence-electron chi connectivity index (χ0n) is 11.8. The zero-order valence-corrected chi connectivity index (χ0v) is 11.8. The summed E-state index contributed by atoms with van der Waals surface area (Å²) in [7, 11) is 1.59. The third-order valence-corrected chi connectivity index (χ3v) is 2.96. The van der Waals surface area contributed by atoms with Crippen molar-refractivity contribution in [2.75, 3.05) is 7.11 Å². The van der Waals surface area contributed by atoms with Crippen LogP contribution in [-0.2, 0) is 6.54 Å². The first-order valence-corrected chi connectivity index (χ1v) is 6.55. The zero-order chi connectivity index (χ0) is 15.4. The summed E-state index contributed by atoms with van der Waals surface area (Å²) >= 11 is 0. The first-order valence-electron chi connectivity index (χ1n) is 6.55. The Hall–Kier alpha value is -3.09. The maximum absolute atomic E-state index is 11.9. The fraction of sp³-hybridized carbons (Fsp3) is 0.133. The molecule has 3 aromatic rings. The maximum atomic E-state index is 11.9. The van der Waals surface area contributed by atoms with Gasteiger partial charge in [0.25, 0.3) is 0 Å². The van der Waals surface area contributed by atoms with E-state index in [9.17, 15) is 4.79 Å². The number of amides is 1. The second kappa shape index (κ2) is 6.13. The van der Waals surface area contributed by atoms with Gasteiger partial charge in [-0.1, -0.05) is 0 Å². The number of ether oxygens (including phenoxy) is 1. The molecule has 7 nitrogen and oxygen atoms in total. The van der Waals surface area contributed by atoms with E-state index in [1.54, 1.807) is 43.5 Å². The van der Waals surface area contributed by atoms with Crippen LogP contribution in [0.2, 0.25) is 0 Å². The third kappa shape index (κ3) is 2.98. The number of carbonyl (C=O) groups is 1. The molecule has 22 heavy (non-hydrogen) atoms. The molecule has 1 aromatic carbocycles. The molecule has 0 radical (unpaired) electrons. The van der Waals surface area contributed by atoms with Crippen LogP contribution in [0.1, 0.15) is 16.4 Å². The van der Waals surface area contributed by atoms with E-state index >= 15 is 0 Å². The van der Waals surface area contributed by atoms with E-state index < -0.39 is 5.91 Å². The van der Waals surface area contributed by atoms with Gasteiger partial charge in [0, 0.05) is 5.56 Å². The molecular formula is C15H13N3O4. The number of nitrogens with one attached hydrogen (secondary N) is 1. The fourth-order valence-electron chi connectivity index (χ4n) is 1.82. The maximum Gasteiger partial charge on any atom is 0.309 e. The first kappa shape index (κ1) is 13.9. The number of benzene rings is 1. The van der Waals surface area contributed by atoms with Crippen molar-refractivity contribution in [3.05, 3.63) is 54.3 Å². The van der Waals surface area contributed by atoms with Crippen LogP contribution in [0.3, 0.4) is 0 Å². The second-order valence-corrected chi connectivity index (χ2v) is 4.40. The Morgan fingerprint density at radius 3 is 2.73 bits per heavy atom. The van der Waals surface area contributed by atoms with Crippen LogP contribution in [-0.4, -0.2) is 23.2 Å². The minimum atomic E-state index is -0.455. The quantitative estimate of drug-likeness (QED) is 0.777. The van der Waals surface area contributed by atoms with Gasteiger partial charge >= 0.3 is 11.8 Å². The molecule has 2 aromatic heterocycles. The number of furan rings is 1. The molecule has 0 saturated carbocycles. The van der Waals surface area contributed by atoms with Crippen molar-refractivity contribution in [3.8, 4) is 17.2 Å². The number of carbonyl (C=O) groups excluding carboxylic acids is 1. The molecule has 0 aliphatic rings. The minimum absolute atomic E-state index is 0.0997. The molecule has 7 heteroatoms. The predicted molar refractivity (Wildman–Crippen MR) is 76.2 cm³/mol. The van der Waals surface area contributed by atoms with E-state index in [-0.39, 0.29) is 18.3 Å². The Balaban J connectivity index is 1.68. The molecule has 1 N–H and O–H groups in total. The number of hydrogen-bond acceptors (Lipinski definition) is 6. The highest BCUT2D eigenvalue weighted by Crippen LogP contribution is 2.21. The fourth-order valence-corrected chi connectivity index (χ4v) is 1.82. The highest BCUT2D eigenvalue weighted by Gasteiger charge is 2.16. The van der Waals surface area contributed by atoms with Crippen molar-refractivity contribution in [2.24, 2.45) is 0 Å². The lowest BCUT2D eigenvalue weighted by Gasteiger charge is -2.00. The normalized spacial score (nSPS) is 10.4. The van der Waals surface area contributed by atoms with E-state index in [1.807, 2.05) is 0 Å². The average molecular weight is 299 g/mol. The van der Waals surface area contributed by atoms with E-state index in [1.165, 1.54) is 6.26 Å². The molecule has 0 aliphatic carbocycles. The van der Waals surface area contributed by atoms with Crippen LogP contribution in [0.25, 0.3) is 11.5 Å². The summed E-state index contributed by atoms with van der Waals surface area (Å²) < 4.78 is 15.6. The highest BCUT2D eigenvalue weighted by molar-refractivity contribution is 5.89. The van der Waals surface area contributed by atoms with Gasteiger partial charge in [-0.05, 0) is 36.4 Å². The van der Waals surface area contributed by atoms with Crippen molar-refractivity contribution < 1.29 is 18.4 Å². The monoisotopic (exact) mass is 299 g/mol. The van der Waals surface area contributed by atoms with E-state index in [0.29, 0.717) is 11.3 Å². The van der Waals surface area contributed by atoms with Gasteiger partial charge < -0.3 is 18.9 Å². The lowest BCUT2D eigenvalue weighted by Crippen LogP contribution is -2.22. The average Bonchev–Trinajstić information content (AvgIpc) is 3.24. The third-order valence-electron chi connectivity index (χ3n) is 2.96. The molecule has 0 fully saturated rings. The number of rotatable bonds is 5. The molecule has 2 heterocycles. The van der Waals surface area contributed by atoms with Crippen molar-refractivity contribution in [3.63, 3.8) is 0 Å². The van der Waals surface area contributed by atoms with Crippen LogP contribution in [0.5, 0.6) is 5.75 Å². The van der Waals surface area contributed by atoms with Gasteiger partial charge in [0.2, 0.25) is 5.89 Å². The Morgan fingerprint density at radius 1 is 1.23 bits per heavy atom. The summed E-state index contributed by atoms with van der Waals surface area (Å²) in [6.45, 7) is 0.256. The lowest BCUT2D eigenvalue weighted by molar-refractivity contribution is 0.0914. The molecule has 0 spiro atoms. The summed E-state index contributed by atoms with van der Waals surface area (Å²) in [5.41, 5.74) is 0.707. The number of aromatic nitrogens is 2. The Labute approximate surface area is 125 Å². The number of methoxy groups -OCH3 is 1. The molecule has 0 unspecified atom stereocenters. The van der Waals surface area contributed by atoms with Gasteiger partial charge in [0.1, 0.15) is 11.5 Å². The molecular weight excluding hydrogens is 286 g/mol. The van der Waals surface area contributed by atoms with Crippen LogP contribution >= 0.6 is 0 Å². The molecule has 112 valence electrons. The van der Waals surface area contributed by atoms with Gasteiger partial charge in [0.15, 0.2) is 0 Å². The lowest BCUT2D eigenvalue weighted by atomic mass is 10.2. The molecule has 0 bridgehead atoms. The topological polar surface area (TPSA) is 90.4 Å².